The number of carbonyl (C=O) groups excluding carboxylic acids is 3. The molecule has 3 rings (SSSR count). The Morgan fingerprint density at radius 2 is 1.45 bits per heavy atom. The van der Waals surface area contributed by atoms with Gasteiger partial charge in [0, 0.05) is 11.6 Å². The number of ketones is 1. The Balaban J connectivity index is 1.55. The number of rotatable bonds is 16. The Bertz CT molecular complexity index is 1420. The van der Waals surface area contributed by atoms with E-state index in [-0.39, 0.29) is 37.8 Å². The first-order chi connectivity index (χ1) is 20.3. The second-order valence-corrected chi connectivity index (χ2v) is 8.98. The second kappa shape index (κ2) is 16.3. The summed E-state index contributed by atoms with van der Waals surface area (Å²) in [6.45, 7) is 8.91. The van der Waals surface area contributed by atoms with Crippen LogP contribution >= 0.6 is 0 Å². The molecule has 8 nitrogen and oxygen atoms in total. The molecule has 3 aromatic rings. The fourth-order valence-electron chi connectivity index (χ4n) is 3.82. The van der Waals surface area contributed by atoms with Gasteiger partial charge in [-0.3, -0.25) is 4.79 Å². The Labute approximate surface area is 245 Å². The molecule has 0 aliphatic rings. The van der Waals surface area contributed by atoms with Gasteiger partial charge in [-0.15, -0.1) is 0 Å². The van der Waals surface area contributed by atoms with Crippen LogP contribution in [0.15, 0.2) is 97.6 Å². The lowest BCUT2D eigenvalue weighted by Gasteiger charge is -2.12. The normalized spacial score (nSPS) is 10.6. The highest BCUT2D eigenvalue weighted by molar-refractivity contribution is 6.07. The lowest BCUT2D eigenvalue weighted by molar-refractivity contribution is -0.140. The van der Waals surface area contributed by atoms with Crippen LogP contribution in [0.2, 0.25) is 0 Å². The van der Waals surface area contributed by atoms with Gasteiger partial charge < -0.3 is 24.1 Å². The number of carbonyl (C=O) groups is 3. The van der Waals surface area contributed by atoms with Crippen LogP contribution in [-0.2, 0) is 25.5 Å². The quantitative estimate of drug-likeness (QED) is 0.106. The van der Waals surface area contributed by atoms with Gasteiger partial charge in [0.05, 0.1) is 12.2 Å². The number of aryl methyl sites for hydroxylation is 1. The largest absolute Gasteiger partial charge is 0.490 e. The van der Waals surface area contributed by atoms with Gasteiger partial charge in [0.25, 0.3) is 0 Å². The maximum absolute atomic E-state index is 12.9. The molecule has 0 saturated carbocycles. The summed E-state index contributed by atoms with van der Waals surface area (Å²) in [6, 6.07) is 20.5. The van der Waals surface area contributed by atoms with Crippen LogP contribution in [0.5, 0.6) is 11.5 Å². The molecule has 0 amide bonds. The monoisotopic (exact) mass is 570 g/mol. The van der Waals surface area contributed by atoms with Crippen molar-refractivity contribution in [3.05, 3.63) is 114 Å². The molecule has 0 saturated heterocycles. The topological polar surface area (TPSA) is 108 Å². The number of esters is 2. The molecule has 0 aliphatic heterocycles. The number of aliphatic hydroxyl groups excluding tert-OH is 1. The van der Waals surface area contributed by atoms with E-state index in [4.69, 9.17) is 24.1 Å². The van der Waals surface area contributed by atoms with Crippen molar-refractivity contribution >= 4 is 23.8 Å². The standard InChI is InChI=1S/C34H34O8/c1-4-26-22-28(32(36)17-8-25-6-12-29(13-7-25)39-18-20-41-33(37)5-2)11-16-31(26)27-9-14-30(15-10-27)40-19-21-42-34(38)24(3)23-35/h5-17,22,35H,2-4,18-21,23H2,1H3/b17-8+. The van der Waals surface area contributed by atoms with Gasteiger partial charge in [0.2, 0.25) is 0 Å². The summed E-state index contributed by atoms with van der Waals surface area (Å²) >= 11 is 0. The summed E-state index contributed by atoms with van der Waals surface area (Å²) in [4.78, 5) is 35.4. The molecule has 8 heteroatoms. The Morgan fingerprint density at radius 1 is 0.833 bits per heavy atom. The second-order valence-electron chi connectivity index (χ2n) is 8.98. The minimum atomic E-state index is -0.649. The molecular weight excluding hydrogens is 536 g/mol. The highest BCUT2D eigenvalue weighted by atomic mass is 16.6. The van der Waals surface area contributed by atoms with Gasteiger partial charge >= 0.3 is 11.9 Å². The van der Waals surface area contributed by atoms with Crippen LogP contribution in [0.1, 0.15) is 28.4 Å². The third-order valence-corrected chi connectivity index (χ3v) is 6.07. The SMILES string of the molecule is C=CC(=O)OCCOc1ccc(/C=C/C(=O)c2ccc(-c3ccc(OCCOC(=O)C(=C)CO)cc3)c(CC)c2)cc1. The van der Waals surface area contributed by atoms with Crippen molar-refractivity contribution in [3.63, 3.8) is 0 Å². The van der Waals surface area contributed by atoms with Crippen LogP contribution in [-0.4, -0.2) is 55.9 Å². The van der Waals surface area contributed by atoms with Crippen molar-refractivity contribution < 1.29 is 38.4 Å². The highest BCUT2D eigenvalue weighted by Crippen LogP contribution is 2.28. The molecule has 3 aromatic carbocycles. The number of ether oxygens (including phenoxy) is 4. The molecule has 0 fully saturated rings. The number of hydrogen-bond donors (Lipinski definition) is 1. The smallest absolute Gasteiger partial charge is 0.335 e. The average Bonchev–Trinajstić information content (AvgIpc) is 3.03. The van der Waals surface area contributed by atoms with Crippen molar-refractivity contribution in [1.82, 2.24) is 0 Å². The van der Waals surface area contributed by atoms with Crippen molar-refractivity contribution in [3.8, 4) is 22.6 Å². The maximum atomic E-state index is 12.9. The van der Waals surface area contributed by atoms with E-state index in [2.05, 4.69) is 13.2 Å². The van der Waals surface area contributed by atoms with Crippen molar-refractivity contribution in [2.75, 3.05) is 33.0 Å². The zero-order valence-electron chi connectivity index (χ0n) is 23.5. The molecule has 0 aliphatic carbocycles. The van der Waals surface area contributed by atoms with Gasteiger partial charge in [-0.2, -0.15) is 0 Å². The van der Waals surface area contributed by atoms with Crippen molar-refractivity contribution in [2.24, 2.45) is 0 Å². The van der Waals surface area contributed by atoms with Crippen molar-refractivity contribution in [2.45, 2.75) is 13.3 Å². The minimum Gasteiger partial charge on any atom is -0.490 e. The molecule has 0 radical (unpaired) electrons. The molecule has 0 heterocycles. The molecule has 0 spiro atoms. The lowest BCUT2D eigenvalue weighted by Crippen LogP contribution is -2.14. The van der Waals surface area contributed by atoms with E-state index in [1.54, 1.807) is 24.3 Å². The van der Waals surface area contributed by atoms with E-state index in [1.165, 1.54) is 0 Å². The number of hydrogen-bond acceptors (Lipinski definition) is 8. The number of benzene rings is 3. The third kappa shape index (κ3) is 9.60. The van der Waals surface area contributed by atoms with Crippen LogP contribution < -0.4 is 9.47 Å². The summed E-state index contributed by atoms with van der Waals surface area (Å²) in [5.74, 6) is 0.00457. The van der Waals surface area contributed by atoms with Crippen LogP contribution in [0.25, 0.3) is 17.2 Å². The van der Waals surface area contributed by atoms with E-state index >= 15 is 0 Å². The summed E-state index contributed by atoms with van der Waals surface area (Å²) in [5.41, 5.74) is 4.49. The molecule has 0 unspecified atom stereocenters. The van der Waals surface area contributed by atoms with Gasteiger partial charge in [-0.1, -0.05) is 62.6 Å². The summed E-state index contributed by atoms with van der Waals surface area (Å²) < 4.78 is 21.0. The van der Waals surface area contributed by atoms with Gasteiger partial charge in [-0.05, 0) is 65.1 Å². The molecule has 218 valence electrons. The fourth-order valence-corrected chi connectivity index (χ4v) is 3.82. The summed E-state index contributed by atoms with van der Waals surface area (Å²) in [6.07, 6.45) is 5.14. The van der Waals surface area contributed by atoms with Gasteiger partial charge in [-0.25, -0.2) is 9.59 Å². The van der Waals surface area contributed by atoms with Crippen molar-refractivity contribution in [1.29, 1.82) is 0 Å². The molecule has 42 heavy (non-hydrogen) atoms. The Hall–Kier alpha value is -4.95. The van der Waals surface area contributed by atoms with Crippen LogP contribution in [0.4, 0.5) is 0 Å². The molecule has 0 aromatic heterocycles. The van der Waals surface area contributed by atoms with E-state index < -0.39 is 18.5 Å². The first-order valence-corrected chi connectivity index (χ1v) is 13.4. The third-order valence-electron chi connectivity index (χ3n) is 6.07. The van der Waals surface area contributed by atoms with Gasteiger partial charge in [0.1, 0.15) is 37.9 Å². The highest BCUT2D eigenvalue weighted by Gasteiger charge is 2.10. The predicted molar refractivity (Wildman–Crippen MR) is 160 cm³/mol. The lowest BCUT2D eigenvalue weighted by atomic mass is 9.94. The van der Waals surface area contributed by atoms with Crippen LogP contribution in [0.3, 0.4) is 0 Å². The summed E-state index contributed by atoms with van der Waals surface area (Å²) in [5, 5.41) is 8.89. The zero-order chi connectivity index (χ0) is 30.3. The van der Waals surface area contributed by atoms with E-state index in [9.17, 15) is 14.4 Å². The average molecular weight is 571 g/mol. The van der Waals surface area contributed by atoms with E-state index in [0.717, 1.165) is 34.8 Å². The number of aliphatic hydroxyl groups is 1. The molecule has 0 atom stereocenters. The van der Waals surface area contributed by atoms with E-state index in [1.807, 2.05) is 61.5 Å². The first kappa shape index (κ1) is 31.6. The molecule has 0 bridgehead atoms. The Morgan fingerprint density at radius 3 is 2.05 bits per heavy atom. The Kier molecular flexibility index (Phi) is 12.3. The zero-order valence-corrected chi connectivity index (χ0v) is 23.5. The molecular formula is C34H34O8. The minimum absolute atomic E-state index is 0.00463. The predicted octanol–water partition coefficient (Wildman–Crippen LogP) is 5.39. The molecule has 1 N–H and O–H groups in total. The summed E-state index contributed by atoms with van der Waals surface area (Å²) in [7, 11) is 0. The number of allylic oxidation sites excluding steroid dienone is 1. The maximum Gasteiger partial charge on any atom is 0.335 e. The van der Waals surface area contributed by atoms with Gasteiger partial charge in [0.15, 0.2) is 5.78 Å². The fraction of sp³-hybridized carbons (Fsp3) is 0.206. The first-order valence-electron chi connectivity index (χ1n) is 13.4. The van der Waals surface area contributed by atoms with Crippen LogP contribution in [0, 0.1) is 0 Å². The van der Waals surface area contributed by atoms with E-state index in [0.29, 0.717) is 17.1 Å².